The Kier molecular flexibility index (Phi) is 10.2. The van der Waals surface area contributed by atoms with Crippen molar-refractivity contribution >= 4 is 29.1 Å². The Bertz CT molecular complexity index is 774. The summed E-state index contributed by atoms with van der Waals surface area (Å²) in [6.45, 7) is 3.09. The van der Waals surface area contributed by atoms with Crippen LogP contribution in [0.3, 0.4) is 0 Å². The number of rotatable bonds is 12. The van der Waals surface area contributed by atoms with E-state index in [-0.39, 0.29) is 37.3 Å². The molecule has 0 radical (unpaired) electrons. The molecule has 0 aliphatic heterocycles. The highest BCUT2D eigenvalue weighted by atomic mass is 35.5. The Morgan fingerprint density at radius 2 is 2.07 bits per heavy atom. The number of alkyl halides is 1. The van der Waals surface area contributed by atoms with Crippen molar-refractivity contribution < 1.29 is 18.3 Å². The summed E-state index contributed by atoms with van der Waals surface area (Å²) in [5.74, 6) is -0.622. The number of allylic oxidation sites excluding steroid dienone is 2. The summed E-state index contributed by atoms with van der Waals surface area (Å²) in [5.41, 5.74) is -1.07. The topological polar surface area (TPSA) is 50.4 Å². The van der Waals surface area contributed by atoms with Crippen molar-refractivity contribution in [2.24, 2.45) is 0 Å². The fraction of sp³-hybridized carbons (Fsp3) is 0.500. The number of amides is 1. The minimum Gasteiger partial charge on any atom is -0.372 e. The molecule has 0 fully saturated rings. The van der Waals surface area contributed by atoms with Gasteiger partial charge in [0.1, 0.15) is 11.5 Å². The van der Waals surface area contributed by atoms with E-state index in [1.807, 2.05) is 6.92 Å². The molecule has 0 saturated heterocycles. The molecule has 2 N–H and O–H groups in total. The smallest absolute Gasteiger partial charge is 0.251 e. The lowest BCUT2D eigenvalue weighted by atomic mass is 9.96. The van der Waals surface area contributed by atoms with Crippen molar-refractivity contribution in [3.8, 4) is 0 Å². The van der Waals surface area contributed by atoms with Crippen LogP contribution in [0.1, 0.15) is 43.0 Å². The van der Waals surface area contributed by atoms with Gasteiger partial charge in [0.25, 0.3) is 5.91 Å². The van der Waals surface area contributed by atoms with E-state index in [1.54, 1.807) is 18.2 Å². The normalized spacial score (nSPS) is 18.0. The lowest BCUT2D eigenvalue weighted by molar-refractivity contribution is 0.0794. The number of nitrogens with one attached hydrogen (secondary N) is 2. The predicted octanol–water partition coefficient (Wildman–Crippen LogP) is 5.41. The highest BCUT2D eigenvalue weighted by Crippen LogP contribution is 2.23. The van der Waals surface area contributed by atoms with Crippen LogP contribution in [0.15, 0.2) is 42.3 Å². The molecule has 0 saturated carbocycles. The zero-order valence-electron chi connectivity index (χ0n) is 17.0. The molecule has 2 rings (SSSR count). The zero-order chi connectivity index (χ0) is 22.0. The summed E-state index contributed by atoms with van der Waals surface area (Å²) in [7, 11) is 0. The standard InChI is InChI=1S/C22H28Cl2F2N2O2/c1-2-8-22(26,15-27-11-12-30-18-5-3-4-17(25)14-18)9-10-28-21(29)16-6-7-19(23)20(24)13-16/h3-4,6-7,13-14,18,27H,2,5,8-12,15H2,1H3,(H,28,29)/t18-,22?/m0/s1. The number of benzene rings is 1. The van der Waals surface area contributed by atoms with E-state index in [1.165, 1.54) is 18.2 Å². The first kappa shape index (κ1) is 24.8. The van der Waals surface area contributed by atoms with Crippen LogP contribution < -0.4 is 10.6 Å². The van der Waals surface area contributed by atoms with Gasteiger partial charge >= 0.3 is 0 Å². The molecule has 0 aromatic heterocycles. The van der Waals surface area contributed by atoms with E-state index < -0.39 is 5.67 Å². The highest BCUT2D eigenvalue weighted by Gasteiger charge is 2.28. The summed E-state index contributed by atoms with van der Waals surface area (Å²) in [6.07, 6.45) is 6.19. The highest BCUT2D eigenvalue weighted by molar-refractivity contribution is 6.42. The molecule has 1 aromatic rings. The maximum Gasteiger partial charge on any atom is 0.251 e. The second-order valence-corrected chi connectivity index (χ2v) is 8.13. The molecular formula is C22H28Cl2F2N2O2. The average molecular weight is 461 g/mol. The second-order valence-electron chi connectivity index (χ2n) is 7.31. The maximum absolute atomic E-state index is 15.2. The van der Waals surface area contributed by atoms with Crippen molar-refractivity contribution in [1.82, 2.24) is 10.6 Å². The first-order chi connectivity index (χ1) is 14.3. The number of hydrogen-bond donors (Lipinski definition) is 2. The van der Waals surface area contributed by atoms with Gasteiger partial charge in [0, 0.05) is 31.6 Å². The molecule has 8 heteroatoms. The minimum absolute atomic E-state index is 0.154. The molecule has 1 aliphatic rings. The maximum atomic E-state index is 15.2. The summed E-state index contributed by atoms with van der Waals surface area (Å²) in [4.78, 5) is 12.2. The molecule has 1 amide bonds. The quantitative estimate of drug-likeness (QED) is 0.410. The zero-order valence-corrected chi connectivity index (χ0v) is 18.5. The molecule has 0 spiro atoms. The Labute approximate surface area is 186 Å². The van der Waals surface area contributed by atoms with Gasteiger partial charge in [0.15, 0.2) is 0 Å². The summed E-state index contributed by atoms with van der Waals surface area (Å²) in [5, 5.41) is 6.46. The van der Waals surface area contributed by atoms with Crippen LogP contribution in [0.5, 0.6) is 0 Å². The van der Waals surface area contributed by atoms with Crippen molar-refractivity contribution in [3.63, 3.8) is 0 Å². The van der Waals surface area contributed by atoms with E-state index >= 15 is 4.39 Å². The van der Waals surface area contributed by atoms with Gasteiger partial charge in [0.2, 0.25) is 0 Å². The van der Waals surface area contributed by atoms with E-state index in [4.69, 9.17) is 27.9 Å². The fourth-order valence-electron chi connectivity index (χ4n) is 3.22. The van der Waals surface area contributed by atoms with Gasteiger partial charge in [-0.25, -0.2) is 8.78 Å². The van der Waals surface area contributed by atoms with Crippen LogP contribution in [0.2, 0.25) is 10.0 Å². The van der Waals surface area contributed by atoms with Gasteiger partial charge in [-0.1, -0.05) is 42.6 Å². The Balaban J connectivity index is 1.71. The number of hydrogen-bond acceptors (Lipinski definition) is 3. The predicted molar refractivity (Wildman–Crippen MR) is 118 cm³/mol. The number of carbonyl (C=O) groups excluding carboxylic acids is 1. The van der Waals surface area contributed by atoms with Crippen molar-refractivity contribution in [2.75, 3.05) is 26.2 Å². The summed E-state index contributed by atoms with van der Waals surface area (Å²) < 4.78 is 34.0. The van der Waals surface area contributed by atoms with E-state index in [2.05, 4.69) is 10.6 Å². The van der Waals surface area contributed by atoms with Gasteiger partial charge in [-0.05, 0) is 43.2 Å². The molecule has 1 aromatic carbocycles. The lowest BCUT2D eigenvalue weighted by Crippen LogP contribution is -2.41. The molecular weight excluding hydrogens is 433 g/mol. The van der Waals surface area contributed by atoms with Gasteiger partial charge in [-0.2, -0.15) is 0 Å². The SMILES string of the molecule is CCCC(F)(CCNC(=O)c1ccc(Cl)c(Cl)c1)CNCCO[C@@H]1C=C(F)C=CC1. The monoisotopic (exact) mass is 460 g/mol. The van der Waals surface area contributed by atoms with Crippen LogP contribution >= 0.6 is 23.2 Å². The number of carbonyl (C=O) groups is 1. The van der Waals surface area contributed by atoms with E-state index in [0.29, 0.717) is 48.0 Å². The Hall–Kier alpha value is -1.47. The van der Waals surface area contributed by atoms with Crippen molar-refractivity contribution in [3.05, 3.63) is 57.9 Å². The third kappa shape index (κ3) is 8.34. The van der Waals surface area contributed by atoms with E-state index in [0.717, 1.165) is 0 Å². The first-order valence-electron chi connectivity index (χ1n) is 10.1. The molecule has 1 unspecified atom stereocenters. The van der Waals surface area contributed by atoms with Crippen LogP contribution in [0.4, 0.5) is 8.78 Å². The van der Waals surface area contributed by atoms with Crippen LogP contribution in [0, 0.1) is 0 Å². The minimum atomic E-state index is -1.45. The van der Waals surface area contributed by atoms with Crippen molar-refractivity contribution in [2.45, 2.75) is 44.4 Å². The van der Waals surface area contributed by atoms with Gasteiger partial charge in [-0.15, -0.1) is 0 Å². The Morgan fingerprint density at radius 3 is 2.77 bits per heavy atom. The molecule has 1 aliphatic carbocycles. The van der Waals surface area contributed by atoms with E-state index in [9.17, 15) is 9.18 Å². The molecule has 2 atom stereocenters. The van der Waals surface area contributed by atoms with Crippen LogP contribution in [-0.4, -0.2) is 43.9 Å². The molecule has 166 valence electrons. The molecule has 30 heavy (non-hydrogen) atoms. The molecule has 4 nitrogen and oxygen atoms in total. The largest absolute Gasteiger partial charge is 0.372 e. The van der Waals surface area contributed by atoms with Crippen molar-refractivity contribution in [1.29, 1.82) is 0 Å². The van der Waals surface area contributed by atoms with Crippen LogP contribution in [-0.2, 0) is 4.74 Å². The molecule has 0 bridgehead atoms. The third-order valence-corrected chi connectivity index (χ3v) is 5.52. The third-order valence-electron chi connectivity index (χ3n) is 4.78. The molecule has 0 heterocycles. The second kappa shape index (κ2) is 12.4. The lowest BCUT2D eigenvalue weighted by Gasteiger charge is -2.26. The average Bonchev–Trinajstić information content (AvgIpc) is 2.70. The number of halogens is 4. The van der Waals surface area contributed by atoms with Gasteiger partial charge in [-0.3, -0.25) is 4.79 Å². The van der Waals surface area contributed by atoms with Crippen LogP contribution in [0.25, 0.3) is 0 Å². The fourth-order valence-corrected chi connectivity index (χ4v) is 3.51. The Morgan fingerprint density at radius 1 is 1.27 bits per heavy atom. The van der Waals surface area contributed by atoms with Gasteiger partial charge < -0.3 is 15.4 Å². The first-order valence-corrected chi connectivity index (χ1v) is 10.9. The summed E-state index contributed by atoms with van der Waals surface area (Å²) >= 11 is 11.8. The van der Waals surface area contributed by atoms with Gasteiger partial charge in [0.05, 0.1) is 22.8 Å². The summed E-state index contributed by atoms with van der Waals surface area (Å²) in [6, 6.07) is 4.61. The number of ether oxygens (including phenoxy) is 1.